The number of Topliss-reactive ketones (excluding diaryl/α,β-unsaturated/α-hetero) is 1. The average Bonchev–Trinajstić information content (AvgIpc) is 2.95. The van der Waals surface area contributed by atoms with Gasteiger partial charge >= 0.3 is 6.18 Å². The number of hydrogen-bond donors (Lipinski definition) is 3. The number of alkyl halides is 3. The van der Waals surface area contributed by atoms with Gasteiger partial charge in [0.2, 0.25) is 11.8 Å². The lowest BCUT2D eigenvalue weighted by Gasteiger charge is -2.29. The zero-order chi connectivity index (χ0) is 17.5. The van der Waals surface area contributed by atoms with E-state index < -0.39 is 41.3 Å². The average molecular weight is 342 g/mol. The highest BCUT2D eigenvalue weighted by atomic mass is 19.4. The number of anilines is 1. The normalized spacial score (nSPS) is 26.7. The second kappa shape index (κ2) is 5.86. The van der Waals surface area contributed by atoms with Crippen LogP contribution in [-0.4, -0.2) is 41.7 Å². The highest BCUT2D eigenvalue weighted by Gasteiger charge is 2.48. The summed E-state index contributed by atoms with van der Waals surface area (Å²) in [6, 6.07) is 1.38. The van der Waals surface area contributed by atoms with E-state index in [4.69, 9.17) is 0 Å². The molecule has 0 radical (unpaired) electrons. The first-order valence-corrected chi connectivity index (χ1v) is 7.16. The minimum absolute atomic E-state index is 0.0275. The first-order chi connectivity index (χ1) is 11.3. The molecule has 3 heterocycles. The number of halogens is 3. The molecule has 2 aliphatic rings. The maximum absolute atomic E-state index is 12.4. The second-order valence-electron chi connectivity index (χ2n) is 5.63. The largest absolute Gasteiger partial charge is 0.433 e. The number of piperidine rings is 1. The SMILES string of the molecule is O=C(Nc1ccc(C(F)(F)F)nc1)C1C(=O)N[C@H]2CNC[C@@H]2C1=O. The van der Waals surface area contributed by atoms with Gasteiger partial charge < -0.3 is 16.0 Å². The van der Waals surface area contributed by atoms with E-state index in [1.54, 1.807) is 0 Å². The Bertz CT molecular complexity index is 690. The molecule has 128 valence electrons. The molecule has 2 aliphatic heterocycles. The van der Waals surface area contributed by atoms with Gasteiger partial charge in [-0.15, -0.1) is 0 Å². The first kappa shape index (κ1) is 16.4. The summed E-state index contributed by atoms with van der Waals surface area (Å²) in [6.45, 7) is 0.828. The minimum Gasteiger partial charge on any atom is -0.350 e. The van der Waals surface area contributed by atoms with Gasteiger partial charge in [-0.05, 0) is 12.1 Å². The van der Waals surface area contributed by atoms with E-state index in [9.17, 15) is 27.6 Å². The molecule has 0 bridgehead atoms. The van der Waals surface area contributed by atoms with Crippen molar-refractivity contribution in [1.82, 2.24) is 15.6 Å². The lowest BCUT2D eigenvalue weighted by Crippen LogP contribution is -2.57. The standard InChI is InChI=1S/C14H13F3N4O3/c15-14(16,17)9-2-1-6(3-19-9)20-12(23)10-11(22)7-4-18-5-8(7)21-13(10)24/h1-3,7-8,10,18H,4-5H2,(H,20,23)(H,21,24)/t7-,8-,10?/m0/s1. The predicted molar refractivity (Wildman–Crippen MR) is 74.7 cm³/mol. The van der Waals surface area contributed by atoms with Gasteiger partial charge in [0.05, 0.1) is 23.8 Å². The Hall–Kier alpha value is -2.49. The fourth-order valence-corrected chi connectivity index (χ4v) is 2.84. The Morgan fingerprint density at radius 2 is 2.00 bits per heavy atom. The van der Waals surface area contributed by atoms with Crippen LogP contribution in [0.4, 0.5) is 18.9 Å². The van der Waals surface area contributed by atoms with Crippen LogP contribution < -0.4 is 16.0 Å². The summed E-state index contributed by atoms with van der Waals surface area (Å²) in [7, 11) is 0. The van der Waals surface area contributed by atoms with Gasteiger partial charge in [0.1, 0.15) is 5.69 Å². The number of amides is 2. The van der Waals surface area contributed by atoms with E-state index in [0.717, 1.165) is 12.3 Å². The molecule has 2 fully saturated rings. The van der Waals surface area contributed by atoms with Gasteiger partial charge in [0.25, 0.3) is 0 Å². The van der Waals surface area contributed by atoms with Crippen molar-refractivity contribution in [2.24, 2.45) is 11.8 Å². The molecule has 0 aromatic carbocycles. The summed E-state index contributed by atoms with van der Waals surface area (Å²) in [5, 5.41) is 7.83. The van der Waals surface area contributed by atoms with Crippen LogP contribution in [0.5, 0.6) is 0 Å². The highest BCUT2D eigenvalue weighted by Crippen LogP contribution is 2.28. The molecule has 3 N–H and O–H groups in total. The Kier molecular flexibility index (Phi) is 3.99. The van der Waals surface area contributed by atoms with Gasteiger partial charge in [-0.2, -0.15) is 13.2 Å². The van der Waals surface area contributed by atoms with Gasteiger partial charge in [0, 0.05) is 13.1 Å². The Balaban J connectivity index is 1.72. The van der Waals surface area contributed by atoms with Crippen LogP contribution in [0.2, 0.25) is 0 Å². The number of ketones is 1. The van der Waals surface area contributed by atoms with Crippen molar-refractivity contribution >= 4 is 23.3 Å². The lowest BCUT2D eigenvalue weighted by molar-refractivity contribution is -0.145. The van der Waals surface area contributed by atoms with E-state index in [-0.39, 0.29) is 11.7 Å². The Morgan fingerprint density at radius 3 is 2.62 bits per heavy atom. The van der Waals surface area contributed by atoms with Crippen LogP contribution in [0.15, 0.2) is 18.3 Å². The molecule has 1 unspecified atom stereocenters. The number of pyridine rings is 1. The number of aromatic nitrogens is 1. The molecule has 7 nitrogen and oxygen atoms in total. The number of hydrogen-bond acceptors (Lipinski definition) is 5. The molecule has 3 rings (SSSR count). The fraction of sp³-hybridized carbons (Fsp3) is 0.429. The van der Waals surface area contributed by atoms with E-state index in [2.05, 4.69) is 20.9 Å². The van der Waals surface area contributed by atoms with Gasteiger partial charge in [0.15, 0.2) is 11.7 Å². The van der Waals surface area contributed by atoms with Crippen molar-refractivity contribution in [1.29, 1.82) is 0 Å². The third-order valence-corrected chi connectivity index (χ3v) is 4.04. The zero-order valence-corrected chi connectivity index (χ0v) is 12.2. The monoisotopic (exact) mass is 342 g/mol. The molecule has 0 saturated carbocycles. The topological polar surface area (TPSA) is 100 Å². The van der Waals surface area contributed by atoms with Crippen LogP contribution in [0.3, 0.4) is 0 Å². The van der Waals surface area contributed by atoms with Crippen LogP contribution in [-0.2, 0) is 20.6 Å². The number of fused-ring (bicyclic) bond motifs is 1. The van der Waals surface area contributed by atoms with Crippen molar-refractivity contribution in [3.63, 3.8) is 0 Å². The van der Waals surface area contributed by atoms with Gasteiger partial charge in [-0.3, -0.25) is 14.4 Å². The predicted octanol–water partition coefficient (Wildman–Crippen LogP) is -0.0580. The highest BCUT2D eigenvalue weighted by molar-refractivity contribution is 6.23. The third-order valence-electron chi connectivity index (χ3n) is 4.04. The lowest BCUT2D eigenvalue weighted by atomic mass is 9.84. The van der Waals surface area contributed by atoms with E-state index in [0.29, 0.717) is 19.2 Å². The zero-order valence-electron chi connectivity index (χ0n) is 12.2. The number of rotatable bonds is 2. The molecule has 1 aromatic rings. The van der Waals surface area contributed by atoms with Gasteiger partial charge in [-0.25, -0.2) is 4.98 Å². The molecule has 2 amide bonds. The molecular weight excluding hydrogens is 329 g/mol. The maximum atomic E-state index is 12.4. The summed E-state index contributed by atoms with van der Waals surface area (Å²) in [6.07, 6.45) is -3.77. The fourth-order valence-electron chi connectivity index (χ4n) is 2.84. The number of nitrogens with one attached hydrogen (secondary N) is 3. The van der Waals surface area contributed by atoms with Crippen molar-refractivity contribution in [3.05, 3.63) is 24.0 Å². The number of nitrogens with zero attached hydrogens (tertiary/aromatic N) is 1. The number of carbonyl (C=O) groups excluding carboxylic acids is 3. The summed E-state index contributed by atoms with van der Waals surface area (Å²) >= 11 is 0. The van der Waals surface area contributed by atoms with Crippen molar-refractivity contribution in [2.75, 3.05) is 18.4 Å². The molecule has 10 heteroatoms. The Morgan fingerprint density at radius 1 is 1.25 bits per heavy atom. The summed E-state index contributed by atoms with van der Waals surface area (Å²) in [4.78, 5) is 39.7. The van der Waals surface area contributed by atoms with E-state index in [1.807, 2.05) is 0 Å². The molecule has 3 atom stereocenters. The van der Waals surface area contributed by atoms with Crippen LogP contribution in [0.25, 0.3) is 0 Å². The van der Waals surface area contributed by atoms with Gasteiger partial charge in [-0.1, -0.05) is 0 Å². The molecule has 0 aliphatic carbocycles. The van der Waals surface area contributed by atoms with E-state index in [1.165, 1.54) is 0 Å². The van der Waals surface area contributed by atoms with Crippen molar-refractivity contribution < 1.29 is 27.6 Å². The molecule has 24 heavy (non-hydrogen) atoms. The maximum Gasteiger partial charge on any atom is 0.433 e. The first-order valence-electron chi connectivity index (χ1n) is 7.16. The second-order valence-corrected chi connectivity index (χ2v) is 5.63. The van der Waals surface area contributed by atoms with Crippen LogP contribution in [0, 0.1) is 11.8 Å². The van der Waals surface area contributed by atoms with Crippen molar-refractivity contribution in [3.8, 4) is 0 Å². The van der Waals surface area contributed by atoms with Crippen LogP contribution >= 0.6 is 0 Å². The molecule has 2 saturated heterocycles. The summed E-state index contributed by atoms with van der Waals surface area (Å²) < 4.78 is 37.3. The van der Waals surface area contributed by atoms with Crippen LogP contribution in [0.1, 0.15) is 5.69 Å². The smallest absolute Gasteiger partial charge is 0.350 e. The number of carbonyl (C=O) groups is 3. The molecule has 1 aromatic heterocycles. The summed E-state index contributed by atoms with van der Waals surface area (Å²) in [5.41, 5.74) is -1.13. The van der Waals surface area contributed by atoms with Crippen molar-refractivity contribution in [2.45, 2.75) is 12.2 Å². The molecular formula is C14H13F3N4O3. The molecule has 0 spiro atoms. The quantitative estimate of drug-likeness (QED) is 0.654. The minimum atomic E-state index is -4.59. The van der Waals surface area contributed by atoms with E-state index >= 15 is 0 Å². The third kappa shape index (κ3) is 2.96. The summed E-state index contributed by atoms with van der Waals surface area (Å²) in [5.74, 6) is -4.09. The Labute approximate surface area is 134 Å².